The maximum Gasteiger partial charge on any atom is 0.312 e. The maximum absolute atomic E-state index is 12.6. The van der Waals surface area contributed by atoms with E-state index in [1.54, 1.807) is 12.5 Å². The third-order valence-corrected chi connectivity index (χ3v) is 7.63. The number of carbonyl (C=O) groups is 1. The van der Waals surface area contributed by atoms with Gasteiger partial charge in [-0.3, -0.25) is 4.79 Å². The number of furan rings is 1. The molecule has 1 aromatic rings. The highest BCUT2D eigenvalue weighted by atomic mass is 16.6. The van der Waals surface area contributed by atoms with Crippen molar-refractivity contribution in [3.05, 3.63) is 24.2 Å². The summed E-state index contributed by atoms with van der Waals surface area (Å²) < 4.78 is 11.0. The first kappa shape index (κ1) is 16.2. The van der Waals surface area contributed by atoms with E-state index in [4.69, 9.17) is 9.15 Å². The molecule has 0 unspecified atom stereocenters. The van der Waals surface area contributed by atoms with Crippen LogP contribution in [0, 0.1) is 22.7 Å². The second kappa shape index (κ2) is 5.10. The second-order valence-corrected chi connectivity index (χ2v) is 8.80. The van der Waals surface area contributed by atoms with E-state index < -0.39 is 11.0 Å². The van der Waals surface area contributed by atoms with Crippen molar-refractivity contribution in [3.8, 4) is 0 Å². The van der Waals surface area contributed by atoms with Gasteiger partial charge in [-0.2, -0.15) is 0 Å². The molecule has 1 saturated heterocycles. The van der Waals surface area contributed by atoms with Crippen LogP contribution in [0.25, 0.3) is 0 Å². The molecule has 2 heterocycles. The van der Waals surface area contributed by atoms with Gasteiger partial charge in [-0.25, -0.2) is 0 Å². The Morgan fingerprint density at radius 2 is 2.12 bits per heavy atom. The quantitative estimate of drug-likeness (QED) is 0.857. The number of hydrogen-bond acceptors (Lipinski definition) is 4. The molecule has 0 bridgehead atoms. The summed E-state index contributed by atoms with van der Waals surface area (Å²) in [6.45, 7) is 6.38. The van der Waals surface area contributed by atoms with Gasteiger partial charge in [-0.1, -0.05) is 20.3 Å². The Kier molecular flexibility index (Phi) is 3.44. The number of ether oxygens (including phenoxy) is 1. The van der Waals surface area contributed by atoms with Gasteiger partial charge >= 0.3 is 5.97 Å². The third-order valence-electron chi connectivity index (χ3n) is 7.63. The van der Waals surface area contributed by atoms with Gasteiger partial charge in [-0.15, -0.1) is 0 Å². The highest BCUT2D eigenvalue weighted by Gasteiger charge is 2.70. The van der Waals surface area contributed by atoms with Crippen LogP contribution in [-0.2, 0) is 16.0 Å². The van der Waals surface area contributed by atoms with Crippen molar-refractivity contribution >= 4 is 5.97 Å². The molecule has 3 fully saturated rings. The molecule has 0 amide bonds. The normalized spacial score (nSPS) is 47.3. The van der Waals surface area contributed by atoms with Gasteiger partial charge < -0.3 is 14.3 Å². The lowest BCUT2D eigenvalue weighted by Gasteiger charge is -2.61. The molecule has 4 nitrogen and oxygen atoms in total. The fourth-order valence-electron chi connectivity index (χ4n) is 6.30. The molecule has 0 radical (unpaired) electrons. The summed E-state index contributed by atoms with van der Waals surface area (Å²) in [7, 11) is 0. The smallest absolute Gasteiger partial charge is 0.312 e. The summed E-state index contributed by atoms with van der Waals surface area (Å²) in [5.41, 5.74) is -0.362. The fraction of sp³-hybridized carbons (Fsp3) is 0.750. The Morgan fingerprint density at radius 1 is 1.33 bits per heavy atom. The largest absolute Gasteiger partial charge is 0.472 e. The number of aliphatic hydroxyl groups is 1. The molecule has 1 aromatic heterocycles. The van der Waals surface area contributed by atoms with Crippen LogP contribution in [-0.4, -0.2) is 22.8 Å². The van der Waals surface area contributed by atoms with Crippen molar-refractivity contribution in [1.82, 2.24) is 0 Å². The zero-order chi connectivity index (χ0) is 17.2. The molecular formula is C20H28O4. The zero-order valence-electron chi connectivity index (χ0n) is 14.9. The molecule has 3 aliphatic rings. The highest BCUT2D eigenvalue weighted by Crippen LogP contribution is 2.67. The molecule has 1 N–H and O–H groups in total. The van der Waals surface area contributed by atoms with Crippen LogP contribution in [0.3, 0.4) is 0 Å². The number of esters is 1. The topological polar surface area (TPSA) is 59.7 Å². The summed E-state index contributed by atoms with van der Waals surface area (Å²) >= 11 is 0. The highest BCUT2D eigenvalue weighted by molar-refractivity contribution is 5.80. The molecule has 6 atom stereocenters. The van der Waals surface area contributed by atoms with Gasteiger partial charge in [0.1, 0.15) is 6.10 Å². The first-order chi connectivity index (χ1) is 11.3. The number of hydrogen-bond donors (Lipinski definition) is 1. The molecule has 2 saturated carbocycles. The molecule has 0 spiro atoms. The summed E-state index contributed by atoms with van der Waals surface area (Å²) in [6.07, 6.45) is 8.51. The van der Waals surface area contributed by atoms with E-state index in [2.05, 4.69) is 20.8 Å². The van der Waals surface area contributed by atoms with Gasteiger partial charge in [0.2, 0.25) is 0 Å². The van der Waals surface area contributed by atoms with Crippen LogP contribution >= 0.6 is 0 Å². The molecular weight excluding hydrogens is 304 g/mol. The lowest BCUT2D eigenvalue weighted by Crippen LogP contribution is -2.65. The van der Waals surface area contributed by atoms with Crippen molar-refractivity contribution < 1.29 is 19.1 Å². The van der Waals surface area contributed by atoms with Crippen LogP contribution in [0.1, 0.15) is 58.4 Å². The molecule has 132 valence electrons. The van der Waals surface area contributed by atoms with Crippen molar-refractivity contribution in [1.29, 1.82) is 0 Å². The Bertz CT molecular complexity index is 638. The van der Waals surface area contributed by atoms with E-state index in [1.165, 1.54) is 0 Å². The van der Waals surface area contributed by atoms with Crippen molar-refractivity contribution in [2.24, 2.45) is 22.7 Å². The lowest BCUT2D eigenvalue weighted by molar-refractivity contribution is -0.217. The predicted octanol–water partition coefficient (Wildman–Crippen LogP) is 3.72. The fourth-order valence-corrected chi connectivity index (χ4v) is 6.30. The second-order valence-electron chi connectivity index (χ2n) is 8.80. The first-order valence-corrected chi connectivity index (χ1v) is 9.26. The molecule has 4 heteroatoms. The van der Waals surface area contributed by atoms with Gasteiger partial charge in [0.25, 0.3) is 0 Å². The number of rotatable bonds is 3. The van der Waals surface area contributed by atoms with Crippen molar-refractivity contribution in [2.75, 3.05) is 0 Å². The van der Waals surface area contributed by atoms with Gasteiger partial charge in [-0.05, 0) is 56.6 Å². The van der Waals surface area contributed by atoms with E-state index in [0.29, 0.717) is 6.42 Å². The Hall–Kier alpha value is -1.29. The SMILES string of the molecule is C[C@@H]1C[C@H]2OC(=O)[C@@]3(C)CCC[C@](C)([C@H]23)[C@]1(O)CCc1ccoc1. The Balaban J connectivity index is 1.70. The van der Waals surface area contributed by atoms with Gasteiger partial charge in [0.15, 0.2) is 0 Å². The maximum atomic E-state index is 12.6. The number of carbonyl (C=O) groups excluding carboxylic acids is 1. The summed E-state index contributed by atoms with van der Waals surface area (Å²) in [5.74, 6) is 0.190. The molecule has 0 aromatic carbocycles. The van der Waals surface area contributed by atoms with Gasteiger partial charge in [0, 0.05) is 11.3 Å². The van der Waals surface area contributed by atoms with Crippen LogP contribution < -0.4 is 0 Å². The number of aryl methyl sites for hydroxylation is 1. The summed E-state index contributed by atoms with van der Waals surface area (Å²) in [5, 5.41) is 11.9. The van der Waals surface area contributed by atoms with E-state index in [1.807, 2.05) is 6.07 Å². The third kappa shape index (κ3) is 1.92. The minimum Gasteiger partial charge on any atom is -0.472 e. The minimum absolute atomic E-state index is 0.0306. The van der Waals surface area contributed by atoms with Crippen molar-refractivity contribution in [2.45, 2.75) is 71.0 Å². The molecule has 1 aliphatic heterocycles. The predicted molar refractivity (Wildman–Crippen MR) is 89.2 cm³/mol. The monoisotopic (exact) mass is 332 g/mol. The van der Waals surface area contributed by atoms with Crippen LogP contribution in [0.2, 0.25) is 0 Å². The zero-order valence-corrected chi connectivity index (χ0v) is 14.9. The van der Waals surface area contributed by atoms with Crippen LogP contribution in [0.5, 0.6) is 0 Å². The van der Waals surface area contributed by atoms with E-state index in [9.17, 15) is 9.90 Å². The summed E-state index contributed by atoms with van der Waals surface area (Å²) in [6, 6.07) is 1.97. The van der Waals surface area contributed by atoms with Gasteiger partial charge in [0.05, 0.1) is 23.5 Å². The average Bonchev–Trinajstić information content (AvgIpc) is 3.12. The standard InChI is InChI=1S/C20H28O4/c1-13-11-15-16-18(2,17(21)24-15)7-4-8-19(16,3)20(13,22)9-5-14-6-10-23-12-14/h6,10,12-13,15-16,22H,4-5,7-9,11H2,1-3H3/t13-,15-,16-,18+,19-,20+/m1/s1. The first-order valence-electron chi connectivity index (χ1n) is 9.26. The van der Waals surface area contributed by atoms with Crippen molar-refractivity contribution in [3.63, 3.8) is 0 Å². The van der Waals surface area contributed by atoms with E-state index in [-0.39, 0.29) is 29.3 Å². The Labute approximate surface area is 143 Å². The molecule has 24 heavy (non-hydrogen) atoms. The summed E-state index contributed by atoms with van der Waals surface area (Å²) in [4.78, 5) is 12.6. The molecule has 2 aliphatic carbocycles. The van der Waals surface area contributed by atoms with Crippen LogP contribution in [0.4, 0.5) is 0 Å². The van der Waals surface area contributed by atoms with Crippen LogP contribution in [0.15, 0.2) is 23.0 Å². The minimum atomic E-state index is -0.777. The van der Waals surface area contributed by atoms with E-state index in [0.717, 1.165) is 37.7 Å². The Morgan fingerprint density at radius 3 is 2.83 bits per heavy atom. The molecule has 4 rings (SSSR count). The van der Waals surface area contributed by atoms with E-state index >= 15 is 0 Å². The average molecular weight is 332 g/mol. The lowest BCUT2D eigenvalue weighted by atomic mass is 9.44.